The quantitative estimate of drug-likeness (QED) is 0.888. The van der Waals surface area contributed by atoms with E-state index in [2.05, 4.69) is 12.2 Å². The van der Waals surface area contributed by atoms with E-state index in [4.69, 9.17) is 0 Å². The van der Waals surface area contributed by atoms with Crippen LogP contribution in [0.4, 0.5) is 14.5 Å². The zero-order valence-electron chi connectivity index (χ0n) is 10.8. The Kier molecular flexibility index (Phi) is 4.53. The molecule has 2 rings (SSSR count). The topological polar surface area (TPSA) is 15.3 Å². The highest BCUT2D eigenvalue weighted by Crippen LogP contribution is 2.24. The lowest BCUT2D eigenvalue weighted by molar-refractivity contribution is 0.420. The Morgan fingerprint density at radius 2 is 2.22 bits per heavy atom. The van der Waals surface area contributed by atoms with Gasteiger partial charge in [-0.15, -0.1) is 0 Å². The Morgan fingerprint density at radius 3 is 3.00 bits per heavy atom. The summed E-state index contributed by atoms with van der Waals surface area (Å²) in [5.74, 6) is -0.720. The SMILES string of the molecule is CCCNC1CCCN(c2cc(F)ccc2F)C1. The smallest absolute Gasteiger partial charge is 0.146 e. The number of nitrogens with one attached hydrogen (secondary N) is 1. The molecule has 1 aromatic rings. The molecule has 0 saturated carbocycles. The highest BCUT2D eigenvalue weighted by molar-refractivity contribution is 5.48. The summed E-state index contributed by atoms with van der Waals surface area (Å²) >= 11 is 0. The van der Waals surface area contributed by atoms with Gasteiger partial charge in [0.25, 0.3) is 0 Å². The van der Waals surface area contributed by atoms with Crippen molar-refractivity contribution in [2.75, 3.05) is 24.5 Å². The van der Waals surface area contributed by atoms with Crippen LogP contribution in [-0.4, -0.2) is 25.7 Å². The highest BCUT2D eigenvalue weighted by atomic mass is 19.1. The minimum Gasteiger partial charge on any atom is -0.368 e. The molecule has 0 amide bonds. The summed E-state index contributed by atoms with van der Waals surface area (Å²) in [7, 11) is 0. The minimum absolute atomic E-state index is 0.340. The van der Waals surface area contributed by atoms with E-state index in [1.807, 2.05) is 4.90 Å². The molecule has 0 bridgehead atoms. The van der Waals surface area contributed by atoms with E-state index in [0.717, 1.165) is 45.0 Å². The van der Waals surface area contributed by atoms with Crippen molar-refractivity contribution in [3.63, 3.8) is 0 Å². The number of rotatable bonds is 4. The summed E-state index contributed by atoms with van der Waals surface area (Å²) < 4.78 is 26.9. The number of nitrogens with zero attached hydrogens (tertiary/aromatic N) is 1. The van der Waals surface area contributed by atoms with E-state index in [0.29, 0.717) is 11.7 Å². The zero-order valence-corrected chi connectivity index (χ0v) is 10.8. The van der Waals surface area contributed by atoms with Crippen LogP contribution in [0.25, 0.3) is 0 Å². The molecule has 0 spiro atoms. The maximum absolute atomic E-state index is 13.7. The summed E-state index contributed by atoms with van der Waals surface area (Å²) in [6.45, 7) is 4.65. The normalized spacial score (nSPS) is 20.2. The molecule has 0 aliphatic carbocycles. The predicted molar refractivity (Wildman–Crippen MR) is 69.9 cm³/mol. The fraction of sp³-hybridized carbons (Fsp3) is 0.571. The van der Waals surface area contributed by atoms with Crippen molar-refractivity contribution in [2.45, 2.75) is 32.2 Å². The van der Waals surface area contributed by atoms with Crippen LogP contribution in [0.3, 0.4) is 0 Å². The lowest BCUT2D eigenvalue weighted by Crippen LogP contribution is -2.46. The van der Waals surface area contributed by atoms with Gasteiger partial charge >= 0.3 is 0 Å². The summed E-state index contributed by atoms with van der Waals surface area (Å²) in [4.78, 5) is 1.94. The Bertz CT molecular complexity index is 395. The second-order valence-corrected chi connectivity index (χ2v) is 4.84. The van der Waals surface area contributed by atoms with Gasteiger partial charge in [0.2, 0.25) is 0 Å². The molecule has 1 unspecified atom stereocenters. The molecule has 1 aromatic carbocycles. The van der Waals surface area contributed by atoms with Crippen LogP contribution in [0.2, 0.25) is 0 Å². The van der Waals surface area contributed by atoms with Crippen LogP contribution in [0.1, 0.15) is 26.2 Å². The van der Waals surface area contributed by atoms with Crippen LogP contribution in [0.5, 0.6) is 0 Å². The molecule has 100 valence electrons. The van der Waals surface area contributed by atoms with E-state index in [-0.39, 0.29) is 11.6 Å². The van der Waals surface area contributed by atoms with E-state index in [9.17, 15) is 8.78 Å². The van der Waals surface area contributed by atoms with Crippen molar-refractivity contribution in [1.29, 1.82) is 0 Å². The van der Waals surface area contributed by atoms with E-state index in [1.165, 1.54) is 12.1 Å². The third-order valence-corrected chi connectivity index (χ3v) is 3.35. The van der Waals surface area contributed by atoms with Crippen LogP contribution in [-0.2, 0) is 0 Å². The number of hydrogen-bond donors (Lipinski definition) is 1. The molecule has 1 aliphatic rings. The molecule has 1 saturated heterocycles. The van der Waals surface area contributed by atoms with Gasteiger partial charge in [-0.1, -0.05) is 6.92 Å². The minimum atomic E-state index is -0.380. The van der Waals surface area contributed by atoms with Gasteiger partial charge in [0.05, 0.1) is 5.69 Å². The number of benzene rings is 1. The van der Waals surface area contributed by atoms with Gasteiger partial charge in [-0.25, -0.2) is 8.78 Å². The molecular weight excluding hydrogens is 234 g/mol. The molecule has 1 atom stereocenters. The third kappa shape index (κ3) is 3.19. The lowest BCUT2D eigenvalue weighted by Gasteiger charge is -2.35. The van der Waals surface area contributed by atoms with E-state index in [1.54, 1.807) is 0 Å². The van der Waals surface area contributed by atoms with Crippen molar-refractivity contribution < 1.29 is 8.78 Å². The standard InChI is InChI=1S/C14H20F2N2/c1-2-7-17-12-4-3-8-18(10-12)14-9-11(15)5-6-13(14)16/h5-6,9,12,17H,2-4,7-8,10H2,1H3. The molecule has 0 aromatic heterocycles. The van der Waals surface area contributed by atoms with Crippen LogP contribution in [0, 0.1) is 11.6 Å². The van der Waals surface area contributed by atoms with Crippen molar-refractivity contribution in [3.05, 3.63) is 29.8 Å². The molecule has 4 heteroatoms. The predicted octanol–water partition coefficient (Wildman–Crippen LogP) is 2.93. The van der Waals surface area contributed by atoms with Crippen molar-refractivity contribution in [3.8, 4) is 0 Å². The maximum Gasteiger partial charge on any atom is 0.146 e. The summed E-state index contributed by atoms with van der Waals surface area (Å²) in [5, 5.41) is 3.45. The molecule has 2 nitrogen and oxygen atoms in total. The second-order valence-electron chi connectivity index (χ2n) is 4.84. The number of hydrogen-bond acceptors (Lipinski definition) is 2. The van der Waals surface area contributed by atoms with Crippen LogP contribution < -0.4 is 10.2 Å². The Morgan fingerprint density at radius 1 is 1.39 bits per heavy atom. The lowest BCUT2D eigenvalue weighted by atomic mass is 10.0. The van der Waals surface area contributed by atoms with Gasteiger partial charge in [0.15, 0.2) is 0 Å². The molecule has 18 heavy (non-hydrogen) atoms. The fourth-order valence-electron chi connectivity index (χ4n) is 2.44. The molecular formula is C14H20F2N2. The van der Waals surface area contributed by atoms with Gasteiger partial charge in [0.1, 0.15) is 11.6 Å². The summed E-state index contributed by atoms with van der Waals surface area (Å²) in [5.41, 5.74) is 0.387. The molecule has 1 fully saturated rings. The number of anilines is 1. The maximum atomic E-state index is 13.7. The van der Waals surface area contributed by atoms with Crippen molar-refractivity contribution >= 4 is 5.69 Å². The van der Waals surface area contributed by atoms with Gasteiger partial charge in [0, 0.05) is 25.2 Å². The average molecular weight is 254 g/mol. The highest BCUT2D eigenvalue weighted by Gasteiger charge is 2.21. The first-order chi connectivity index (χ1) is 8.70. The molecule has 1 N–H and O–H groups in total. The van der Waals surface area contributed by atoms with Gasteiger partial charge < -0.3 is 10.2 Å². The Hall–Kier alpha value is -1.16. The second kappa shape index (κ2) is 6.14. The monoisotopic (exact) mass is 254 g/mol. The fourth-order valence-corrected chi connectivity index (χ4v) is 2.44. The third-order valence-electron chi connectivity index (χ3n) is 3.35. The summed E-state index contributed by atoms with van der Waals surface area (Å²) in [6.07, 6.45) is 3.20. The number of piperidine rings is 1. The first-order valence-electron chi connectivity index (χ1n) is 6.64. The molecule has 1 heterocycles. The average Bonchev–Trinajstić information content (AvgIpc) is 2.39. The van der Waals surface area contributed by atoms with E-state index < -0.39 is 0 Å². The zero-order chi connectivity index (χ0) is 13.0. The Labute approximate surface area is 107 Å². The van der Waals surface area contributed by atoms with Gasteiger partial charge in [-0.05, 0) is 37.9 Å². The van der Waals surface area contributed by atoms with Gasteiger partial charge in [-0.2, -0.15) is 0 Å². The van der Waals surface area contributed by atoms with Gasteiger partial charge in [-0.3, -0.25) is 0 Å². The molecule has 1 aliphatic heterocycles. The van der Waals surface area contributed by atoms with Crippen LogP contribution >= 0.6 is 0 Å². The number of halogens is 2. The van der Waals surface area contributed by atoms with Crippen molar-refractivity contribution in [1.82, 2.24) is 5.32 Å². The van der Waals surface area contributed by atoms with E-state index >= 15 is 0 Å². The van der Waals surface area contributed by atoms with Crippen molar-refractivity contribution in [2.24, 2.45) is 0 Å². The first-order valence-corrected chi connectivity index (χ1v) is 6.64. The Balaban J connectivity index is 2.05. The molecule has 0 radical (unpaired) electrons. The summed E-state index contributed by atoms with van der Waals surface area (Å²) in [6, 6.07) is 4.03. The first kappa shape index (κ1) is 13.3. The largest absolute Gasteiger partial charge is 0.368 e. The van der Waals surface area contributed by atoms with Crippen LogP contribution in [0.15, 0.2) is 18.2 Å².